The van der Waals surface area contributed by atoms with Crippen LogP contribution in [0.25, 0.3) is 0 Å². The molecule has 3 N–H and O–H groups in total. The molecule has 0 heterocycles. The lowest BCUT2D eigenvalue weighted by molar-refractivity contribution is -0.161. The summed E-state index contributed by atoms with van der Waals surface area (Å²) in [4.78, 5) is 72.7. The fraction of sp³-hybridized carbons (Fsp3) is 0.947. The second-order valence-electron chi connectivity index (χ2n) is 27.8. The first kappa shape index (κ1) is 92.1. The highest BCUT2D eigenvalue weighted by molar-refractivity contribution is 7.47. The maximum Gasteiger partial charge on any atom is 0.472 e. The predicted octanol–water partition coefficient (Wildman–Crippen LogP) is 21.9. The number of phosphoric ester groups is 2. The van der Waals surface area contributed by atoms with E-state index in [0.29, 0.717) is 25.7 Å². The number of aliphatic hydroxyl groups is 1. The van der Waals surface area contributed by atoms with Gasteiger partial charge in [-0.25, -0.2) is 9.13 Å². The fourth-order valence-electron chi connectivity index (χ4n) is 11.4. The van der Waals surface area contributed by atoms with Gasteiger partial charge in [0, 0.05) is 25.7 Å². The zero-order chi connectivity index (χ0) is 69.3. The second-order valence-corrected chi connectivity index (χ2v) is 30.7. The molecule has 19 heteroatoms. The van der Waals surface area contributed by atoms with E-state index in [0.717, 1.165) is 102 Å². The average Bonchev–Trinajstić information content (AvgIpc) is 1.29. The Morgan fingerprint density at radius 1 is 0.309 bits per heavy atom. The van der Waals surface area contributed by atoms with Gasteiger partial charge in [-0.2, -0.15) is 0 Å². The summed E-state index contributed by atoms with van der Waals surface area (Å²) in [6, 6.07) is 0. The van der Waals surface area contributed by atoms with Crippen molar-refractivity contribution in [2.24, 2.45) is 11.8 Å². The first-order valence-corrected chi connectivity index (χ1v) is 42.0. The minimum atomic E-state index is -4.96. The number of esters is 4. The molecule has 0 aliphatic rings. The summed E-state index contributed by atoms with van der Waals surface area (Å²) >= 11 is 0. The van der Waals surface area contributed by atoms with Crippen LogP contribution in [0.4, 0.5) is 0 Å². The van der Waals surface area contributed by atoms with Crippen molar-refractivity contribution in [1.29, 1.82) is 0 Å². The number of hydrogen-bond donors (Lipinski definition) is 3. The first-order valence-electron chi connectivity index (χ1n) is 39.0. The SMILES string of the molecule is CCCCCCCCCCCCCCCCCC(=O)OC[C@H](COP(=O)(O)OC[C@@H](O)COP(=O)(O)OC[C@@H](COC(=O)CCCCCCCCCCCC)OC(=O)CCCCCCCCC(C)CC)OC(=O)CCCCCCCCCCCCCCCCCCC(C)C. The van der Waals surface area contributed by atoms with Crippen LogP contribution in [0.15, 0.2) is 0 Å². The summed E-state index contributed by atoms with van der Waals surface area (Å²) in [5.41, 5.74) is 0. The van der Waals surface area contributed by atoms with Crippen molar-refractivity contribution >= 4 is 39.5 Å². The second kappa shape index (κ2) is 66.9. The molecule has 0 amide bonds. The van der Waals surface area contributed by atoms with Crippen LogP contribution in [-0.4, -0.2) is 96.7 Å². The Hall–Kier alpha value is -1.94. The molecule has 0 aromatic carbocycles. The molecule has 0 bridgehead atoms. The van der Waals surface area contributed by atoms with Gasteiger partial charge in [0.25, 0.3) is 0 Å². The highest BCUT2D eigenvalue weighted by Crippen LogP contribution is 2.45. The third kappa shape index (κ3) is 67.3. The average molecular weight is 1380 g/mol. The smallest absolute Gasteiger partial charge is 0.462 e. The van der Waals surface area contributed by atoms with E-state index in [-0.39, 0.29) is 25.7 Å². The Balaban J connectivity index is 5.22. The Morgan fingerprint density at radius 2 is 0.543 bits per heavy atom. The van der Waals surface area contributed by atoms with E-state index in [4.69, 9.17) is 37.0 Å². The lowest BCUT2D eigenvalue weighted by Crippen LogP contribution is -2.30. The van der Waals surface area contributed by atoms with Crippen LogP contribution in [0.1, 0.15) is 388 Å². The Morgan fingerprint density at radius 3 is 0.809 bits per heavy atom. The normalized spacial score (nSPS) is 14.3. The van der Waals surface area contributed by atoms with Gasteiger partial charge in [0.05, 0.1) is 26.4 Å². The molecule has 0 fully saturated rings. The third-order valence-electron chi connectivity index (χ3n) is 17.8. The molecule has 0 radical (unpaired) electrons. The quantitative estimate of drug-likeness (QED) is 0.0222. The van der Waals surface area contributed by atoms with Crippen molar-refractivity contribution in [3.8, 4) is 0 Å². The number of aliphatic hydroxyl groups excluding tert-OH is 1. The number of unbranched alkanes of at least 4 members (excludes halogenated alkanes) is 43. The molecule has 94 heavy (non-hydrogen) atoms. The van der Waals surface area contributed by atoms with Gasteiger partial charge in [-0.1, -0.05) is 337 Å². The molecule has 558 valence electrons. The van der Waals surface area contributed by atoms with Crippen molar-refractivity contribution in [2.75, 3.05) is 39.6 Å². The predicted molar refractivity (Wildman–Crippen MR) is 381 cm³/mol. The van der Waals surface area contributed by atoms with Gasteiger partial charge in [0.2, 0.25) is 0 Å². The fourth-order valence-corrected chi connectivity index (χ4v) is 13.0. The van der Waals surface area contributed by atoms with Crippen LogP contribution in [0.2, 0.25) is 0 Å². The summed E-state index contributed by atoms with van der Waals surface area (Å²) in [5, 5.41) is 10.6. The largest absolute Gasteiger partial charge is 0.472 e. The van der Waals surface area contributed by atoms with Gasteiger partial charge >= 0.3 is 39.5 Å². The number of hydrogen-bond acceptors (Lipinski definition) is 15. The molecular formula is C75H146O17P2. The highest BCUT2D eigenvalue weighted by Gasteiger charge is 2.30. The van der Waals surface area contributed by atoms with Crippen LogP contribution >= 0.6 is 15.6 Å². The van der Waals surface area contributed by atoms with E-state index >= 15 is 0 Å². The van der Waals surface area contributed by atoms with Crippen molar-refractivity contribution in [3.63, 3.8) is 0 Å². The zero-order valence-electron chi connectivity index (χ0n) is 61.3. The standard InChI is InChI=1S/C75H146O17P2/c1-7-10-12-14-16-18-20-21-24-28-31-35-39-46-52-58-73(78)85-63-70(91-74(79)59-53-47-40-36-32-29-26-23-22-25-27-30-33-37-43-49-55-67(4)5)65-89-93(81,82)87-61-69(76)62-88-94(83,84)90-66-71(92-75(80)60-54-48-42-41-44-50-56-68(6)9-3)64-86-72(77)57-51-45-38-34-19-17-15-13-11-8-2/h67-71,76H,7-66H2,1-6H3,(H,81,82)(H,83,84)/t68?,69-,70-,71-/m1/s1. The van der Waals surface area contributed by atoms with E-state index in [1.165, 1.54) is 205 Å². The monoisotopic (exact) mass is 1380 g/mol. The van der Waals surface area contributed by atoms with E-state index in [1.54, 1.807) is 0 Å². The van der Waals surface area contributed by atoms with Gasteiger partial charge in [-0.05, 0) is 37.5 Å². The third-order valence-corrected chi connectivity index (χ3v) is 19.7. The van der Waals surface area contributed by atoms with E-state index in [2.05, 4.69) is 41.5 Å². The molecule has 6 atom stereocenters. The van der Waals surface area contributed by atoms with Crippen molar-refractivity contribution in [1.82, 2.24) is 0 Å². The lowest BCUT2D eigenvalue weighted by atomic mass is 10.00. The van der Waals surface area contributed by atoms with Gasteiger partial charge in [0.1, 0.15) is 19.3 Å². The van der Waals surface area contributed by atoms with Crippen molar-refractivity contribution < 1.29 is 80.2 Å². The molecule has 0 aromatic heterocycles. The summed E-state index contributed by atoms with van der Waals surface area (Å²) < 4.78 is 68.4. The van der Waals surface area contributed by atoms with Crippen LogP contribution in [0.5, 0.6) is 0 Å². The topological polar surface area (TPSA) is 237 Å². The summed E-state index contributed by atoms with van der Waals surface area (Å²) in [7, 11) is -9.91. The Bertz CT molecular complexity index is 1820. The van der Waals surface area contributed by atoms with E-state index in [9.17, 15) is 43.2 Å². The van der Waals surface area contributed by atoms with Gasteiger partial charge in [0.15, 0.2) is 12.2 Å². The van der Waals surface area contributed by atoms with Crippen LogP contribution in [-0.2, 0) is 65.4 Å². The van der Waals surface area contributed by atoms with Crippen LogP contribution < -0.4 is 0 Å². The molecule has 17 nitrogen and oxygen atoms in total. The maximum atomic E-state index is 13.1. The highest BCUT2D eigenvalue weighted by atomic mass is 31.2. The maximum absolute atomic E-state index is 13.1. The van der Waals surface area contributed by atoms with Crippen LogP contribution in [0, 0.1) is 11.8 Å². The number of ether oxygens (including phenoxy) is 4. The van der Waals surface area contributed by atoms with Crippen molar-refractivity contribution in [3.05, 3.63) is 0 Å². The number of rotatable bonds is 74. The molecule has 0 aromatic rings. The summed E-state index contributed by atoms with van der Waals surface area (Å²) in [6.07, 6.45) is 54.1. The van der Waals surface area contributed by atoms with Gasteiger partial charge < -0.3 is 33.8 Å². The lowest BCUT2D eigenvalue weighted by Gasteiger charge is -2.21. The van der Waals surface area contributed by atoms with E-state index < -0.39 is 97.5 Å². The number of phosphoric acid groups is 2. The Kier molecular flexibility index (Phi) is 65.5. The summed E-state index contributed by atoms with van der Waals surface area (Å²) in [5.74, 6) is -0.590. The summed E-state index contributed by atoms with van der Waals surface area (Å²) in [6.45, 7) is 9.56. The van der Waals surface area contributed by atoms with Gasteiger partial charge in [-0.3, -0.25) is 37.3 Å². The molecular weight excluding hydrogens is 1230 g/mol. The molecule has 0 rings (SSSR count). The molecule has 3 unspecified atom stereocenters. The molecule has 0 spiro atoms. The molecule has 0 saturated carbocycles. The van der Waals surface area contributed by atoms with Gasteiger partial charge in [-0.15, -0.1) is 0 Å². The molecule has 0 aliphatic heterocycles. The van der Waals surface area contributed by atoms with E-state index in [1.807, 2.05) is 0 Å². The number of carbonyl (C=O) groups excluding carboxylic acids is 4. The molecule has 0 aliphatic carbocycles. The molecule has 0 saturated heterocycles. The number of carbonyl (C=O) groups is 4. The first-order chi connectivity index (χ1) is 45.4. The zero-order valence-corrected chi connectivity index (χ0v) is 63.1. The minimum absolute atomic E-state index is 0.103. The Labute approximate surface area is 575 Å². The van der Waals surface area contributed by atoms with Crippen LogP contribution in [0.3, 0.4) is 0 Å². The minimum Gasteiger partial charge on any atom is -0.462 e. The van der Waals surface area contributed by atoms with Crippen molar-refractivity contribution in [2.45, 2.75) is 407 Å².